The molecule has 0 aliphatic rings. The maximum Gasteiger partial charge on any atom is 0.160 e. The summed E-state index contributed by atoms with van der Waals surface area (Å²) in [7, 11) is 0. The average molecular weight is 700 g/mol. The van der Waals surface area contributed by atoms with Crippen molar-refractivity contribution in [1.29, 1.82) is 0 Å². The standard InChI is InChI=1S/C52H33N3/c1-3-11-34(12-4-1)36-19-23-40(24-20-36)51-45-33-42(29-30-46(45)53-52(54-51)41-25-21-37(22-26-41)35-13-5-2-6-14-35)55-47-31-27-38-15-7-9-17-43(38)49(47)50-44-18-10-8-16-39(44)28-32-48(50)55/h1-33H. The van der Waals surface area contributed by atoms with E-state index < -0.39 is 0 Å². The largest absolute Gasteiger partial charge is 0.309 e. The van der Waals surface area contributed by atoms with Crippen LogP contribution in [0.4, 0.5) is 0 Å². The quantitative estimate of drug-likeness (QED) is 0.179. The monoisotopic (exact) mass is 699 g/mol. The second-order valence-corrected chi connectivity index (χ2v) is 14.2. The highest BCUT2D eigenvalue weighted by Crippen LogP contribution is 2.41. The van der Waals surface area contributed by atoms with E-state index in [1.807, 2.05) is 6.07 Å². The molecule has 0 spiro atoms. The Labute approximate surface area is 318 Å². The van der Waals surface area contributed by atoms with Crippen LogP contribution in [0.2, 0.25) is 0 Å². The fraction of sp³-hybridized carbons (Fsp3) is 0. The van der Waals surface area contributed by atoms with Crippen LogP contribution in [-0.2, 0) is 0 Å². The third-order valence-electron chi connectivity index (χ3n) is 11.0. The van der Waals surface area contributed by atoms with Crippen LogP contribution in [-0.4, -0.2) is 14.5 Å². The highest BCUT2D eigenvalue weighted by Gasteiger charge is 2.19. The van der Waals surface area contributed by atoms with Gasteiger partial charge in [0.05, 0.1) is 22.2 Å². The van der Waals surface area contributed by atoms with Crippen LogP contribution >= 0.6 is 0 Å². The van der Waals surface area contributed by atoms with Crippen LogP contribution in [0.15, 0.2) is 200 Å². The van der Waals surface area contributed by atoms with Gasteiger partial charge >= 0.3 is 0 Å². The first-order valence-corrected chi connectivity index (χ1v) is 18.7. The summed E-state index contributed by atoms with van der Waals surface area (Å²) in [4.78, 5) is 10.6. The highest BCUT2D eigenvalue weighted by molar-refractivity contribution is 6.28. The molecular weight excluding hydrogens is 667 g/mol. The number of hydrogen-bond acceptors (Lipinski definition) is 2. The van der Waals surface area contributed by atoms with Crippen molar-refractivity contribution in [2.45, 2.75) is 0 Å². The second kappa shape index (κ2) is 12.6. The first kappa shape index (κ1) is 31.2. The third-order valence-corrected chi connectivity index (χ3v) is 11.0. The molecule has 2 heterocycles. The van der Waals surface area contributed by atoms with E-state index in [1.54, 1.807) is 0 Å². The number of fused-ring (bicyclic) bond motifs is 8. The van der Waals surface area contributed by atoms with Crippen LogP contribution < -0.4 is 0 Å². The van der Waals surface area contributed by atoms with Crippen LogP contribution in [0.5, 0.6) is 0 Å². The fourth-order valence-corrected chi connectivity index (χ4v) is 8.32. The Morgan fingerprint density at radius 1 is 0.327 bits per heavy atom. The van der Waals surface area contributed by atoms with Crippen molar-refractivity contribution >= 4 is 54.3 Å². The minimum absolute atomic E-state index is 0.705. The molecule has 0 bridgehead atoms. The summed E-state index contributed by atoms with van der Waals surface area (Å²) < 4.78 is 2.42. The molecule has 0 saturated carbocycles. The molecule has 3 heteroatoms. The van der Waals surface area contributed by atoms with Gasteiger partial charge in [0.2, 0.25) is 0 Å². The topological polar surface area (TPSA) is 30.7 Å². The Hall–Kier alpha value is -7.36. The average Bonchev–Trinajstić information content (AvgIpc) is 3.62. The molecule has 0 N–H and O–H groups in total. The minimum Gasteiger partial charge on any atom is -0.309 e. The van der Waals surface area contributed by atoms with Gasteiger partial charge in [0.25, 0.3) is 0 Å². The van der Waals surface area contributed by atoms with Gasteiger partial charge in [-0.3, -0.25) is 0 Å². The first-order valence-electron chi connectivity index (χ1n) is 18.7. The molecule has 0 atom stereocenters. The van der Waals surface area contributed by atoms with E-state index in [-0.39, 0.29) is 0 Å². The highest BCUT2D eigenvalue weighted by atomic mass is 15.0. The Morgan fingerprint density at radius 2 is 0.800 bits per heavy atom. The van der Waals surface area contributed by atoms with E-state index in [9.17, 15) is 0 Å². The lowest BCUT2D eigenvalue weighted by molar-refractivity contribution is 1.18. The van der Waals surface area contributed by atoms with Gasteiger partial charge in [0.1, 0.15) is 0 Å². The van der Waals surface area contributed by atoms with Gasteiger partial charge in [-0.1, -0.05) is 170 Å². The third kappa shape index (κ3) is 5.20. The van der Waals surface area contributed by atoms with Crippen molar-refractivity contribution in [2.75, 3.05) is 0 Å². The van der Waals surface area contributed by atoms with E-state index in [2.05, 4.69) is 199 Å². The van der Waals surface area contributed by atoms with Gasteiger partial charge in [-0.15, -0.1) is 0 Å². The molecule has 0 radical (unpaired) electrons. The van der Waals surface area contributed by atoms with Crippen molar-refractivity contribution in [3.8, 4) is 50.6 Å². The zero-order valence-corrected chi connectivity index (χ0v) is 29.9. The van der Waals surface area contributed by atoms with E-state index in [4.69, 9.17) is 9.97 Å². The molecule has 9 aromatic carbocycles. The van der Waals surface area contributed by atoms with Gasteiger partial charge in [0, 0.05) is 33.0 Å². The number of hydrogen-bond donors (Lipinski definition) is 0. The minimum atomic E-state index is 0.705. The summed E-state index contributed by atoms with van der Waals surface area (Å²) in [6.07, 6.45) is 0. The molecule has 0 unspecified atom stereocenters. The molecule has 11 aromatic rings. The molecule has 3 nitrogen and oxygen atoms in total. The van der Waals surface area contributed by atoms with Crippen molar-refractivity contribution < 1.29 is 0 Å². The maximum absolute atomic E-state index is 5.35. The lowest BCUT2D eigenvalue weighted by Gasteiger charge is -2.14. The van der Waals surface area contributed by atoms with Crippen molar-refractivity contribution in [3.05, 3.63) is 200 Å². The molecule has 0 aliphatic heterocycles. The second-order valence-electron chi connectivity index (χ2n) is 14.2. The fourth-order valence-electron chi connectivity index (χ4n) is 8.32. The summed E-state index contributed by atoms with van der Waals surface area (Å²) in [6, 6.07) is 71.5. The molecule has 0 saturated heterocycles. The van der Waals surface area contributed by atoms with E-state index >= 15 is 0 Å². The number of benzene rings is 9. The van der Waals surface area contributed by atoms with Crippen molar-refractivity contribution in [1.82, 2.24) is 14.5 Å². The normalized spacial score (nSPS) is 11.6. The summed E-state index contributed by atoms with van der Waals surface area (Å²) >= 11 is 0. The van der Waals surface area contributed by atoms with Crippen molar-refractivity contribution in [3.63, 3.8) is 0 Å². The smallest absolute Gasteiger partial charge is 0.160 e. The van der Waals surface area contributed by atoms with E-state index in [0.717, 1.165) is 33.4 Å². The molecule has 0 aliphatic carbocycles. The lowest BCUT2D eigenvalue weighted by Crippen LogP contribution is -1.98. The zero-order chi connectivity index (χ0) is 36.3. The Bertz CT molecular complexity index is 3120. The SMILES string of the molecule is c1ccc(-c2ccc(-c3nc(-c4ccc(-c5ccccc5)cc4)c4cc(-n5c6ccc7ccccc7c6c6c7ccccc7ccc65)ccc4n3)cc2)cc1. The molecule has 0 amide bonds. The van der Waals surface area contributed by atoms with Gasteiger partial charge in [-0.05, 0) is 74.1 Å². The molecular formula is C52H33N3. The van der Waals surface area contributed by atoms with Crippen LogP contribution in [0.3, 0.4) is 0 Å². The zero-order valence-electron chi connectivity index (χ0n) is 29.9. The predicted octanol–water partition coefficient (Wildman–Crippen LogP) is 13.7. The van der Waals surface area contributed by atoms with Gasteiger partial charge in [-0.2, -0.15) is 0 Å². The Kier molecular flexibility index (Phi) is 7.17. The van der Waals surface area contributed by atoms with Crippen LogP contribution in [0, 0.1) is 0 Å². The van der Waals surface area contributed by atoms with Gasteiger partial charge < -0.3 is 4.57 Å². The summed E-state index contributed by atoms with van der Waals surface area (Å²) in [6.45, 7) is 0. The first-order chi connectivity index (χ1) is 27.3. The van der Waals surface area contributed by atoms with Crippen molar-refractivity contribution in [2.24, 2.45) is 0 Å². The Morgan fingerprint density at radius 3 is 1.36 bits per heavy atom. The number of nitrogens with zero attached hydrogens (tertiary/aromatic N) is 3. The van der Waals surface area contributed by atoms with E-state index in [0.29, 0.717) is 5.82 Å². The van der Waals surface area contributed by atoms with Crippen LogP contribution in [0.25, 0.3) is 105 Å². The van der Waals surface area contributed by atoms with Gasteiger partial charge in [0.15, 0.2) is 5.82 Å². The predicted molar refractivity (Wildman–Crippen MR) is 231 cm³/mol. The van der Waals surface area contributed by atoms with Gasteiger partial charge in [-0.25, -0.2) is 9.97 Å². The summed E-state index contributed by atoms with van der Waals surface area (Å²) in [5.74, 6) is 0.705. The molecule has 256 valence electrons. The molecule has 55 heavy (non-hydrogen) atoms. The molecule has 0 fully saturated rings. The molecule has 2 aromatic heterocycles. The van der Waals surface area contributed by atoms with Crippen LogP contribution in [0.1, 0.15) is 0 Å². The number of rotatable bonds is 5. The van der Waals surface area contributed by atoms with E-state index in [1.165, 1.54) is 65.6 Å². The molecule has 11 rings (SSSR count). The Balaban J connectivity index is 1.14. The lowest BCUT2D eigenvalue weighted by atomic mass is 10.00. The number of aromatic nitrogens is 3. The summed E-state index contributed by atoms with van der Waals surface area (Å²) in [5, 5.41) is 8.53. The summed E-state index contributed by atoms with van der Waals surface area (Å²) in [5.41, 5.74) is 12.0. The maximum atomic E-state index is 5.35.